The predicted molar refractivity (Wildman–Crippen MR) is 94.7 cm³/mol. The summed E-state index contributed by atoms with van der Waals surface area (Å²) in [6.07, 6.45) is 0.499. The molecule has 0 aliphatic carbocycles. The lowest BCUT2D eigenvalue weighted by atomic mass is 10.2. The molecule has 1 heterocycles. The van der Waals surface area contributed by atoms with Gasteiger partial charge in [0, 0.05) is 17.5 Å². The summed E-state index contributed by atoms with van der Waals surface area (Å²) >= 11 is 5.99. The quantitative estimate of drug-likeness (QED) is 0.573. The first-order chi connectivity index (χ1) is 12.0. The van der Waals surface area contributed by atoms with E-state index in [-0.39, 0.29) is 11.4 Å². The molecule has 6 nitrogen and oxygen atoms in total. The zero-order chi connectivity index (χ0) is 18.0. The van der Waals surface area contributed by atoms with Gasteiger partial charge in [0.1, 0.15) is 5.82 Å². The number of hydrogen-bond acceptors (Lipinski definition) is 5. The SMILES string of the molecule is CN(Cc1cccc(Cl)c1)/N=c1/c2cc(F)ccc2nc(N)n1C=O. The third-order valence-electron chi connectivity index (χ3n) is 3.58. The van der Waals surface area contributed by atoms with E-state index < -0.39 is 5.82 Å². The van der Waals surface area contributed by atoms with Gasteiger partial charge in [0.2, 0.25) is 12.4 Å². The van der Waals surface area contributed by atoms with Gasteiger partial charge in [0.25, 0.3) is 0 Å². The summed E-state index contributed by atoms with van der Waals surface area (Å²) in [7, 11) is 1.73. The van der Waals surface area contributed by atoms with Crippen LogP contribution >= 0.6 is 11.6 Å². The molecule has 2 aromatic carbocycles. The topological polar surface area (TPSA) is 76.5 Å². The van der Waals surface area contributed by atoms with Crippen LogP contribution in [-0.4, -0.2) is 28.0 Å². The molecule has 3 aromatic rings. The first-order valence-electron chi connectivity index (χ1n) is 7.40. The number of carbonyl (C=O) groups excluding carboxylic acids is 1. The Kier molecular flexibility index (Phi) is 4.67. The van der Waals surface area contributed by atoms with E-state index in [1.165, 1.54) is 18.2 Å². The molecule has 2 N–H and O–H groups in total. The van der Waals surface area contributed by atoms with Crippen molar-refractivity contribution in [1.82, 2.24) is 14.6 Å². The van der Waals surface area contributed by atoms with E-state index in [2.05, 4.69) is 10.1 Å². The molecule has 25 heavy (non-hydrogen) atoms. The number of halogens is 2. The van der Waals surface area contributed by atoms with Crippen LogP contribution in [0.4, 0.5) is 10.3 Å². The fourth-order valence-corrected chi connectivity index (χ4v) is 2.72. The van der Waals surface area contributed by atoms with Gasteiger partial charge in [-0.05, 0) is 35.9 Å². The van der Waals surface area contributed by atoms with Gasteiger partial charge in [-0.3, -0.25) is 9.80 Å². The van der Waals surface area contributed by atoms with Crippen LogP contribution in [0.1, 0.15) is 5.56 Å². The van der Waals surface area contributed by atoms with E-state index in [4.69, 9.17) is 17.3 Å². The highest BCUT2D eigenvalue weighted by atomic mass is 35.5. The molecule has 0 radical (unpaired) electrons. The van der Waals surface area contributed by atoms with E-state index in [9.17, 15) is 9.18 Å². The average Bonchev–Trinajstić information content (AvgIpc) is 2.55. The van der Waals surface area contributed by atoms with E-state index in [0.717, 1.165) is 10.1 Å². The van der Waals surface area contributed by atoms with Crippen molar-refractivity contribution < 1.29 is 9.18 Å². The van der Waals surface area contributed by atoms with Gasteiger partial charge in [-0.1, -0.05) is 23.7 Å². The third kappa shape index (κ3) is 3.61. The van der Waals surface area contributed by atoms with Crippen LogP contribution in [0.2, 0.25) is 5.02 Å². The molecular formula is C17H15ClFN5O. The Morgan fingerprint density at radius 3 is 2.88 bits per heavy atom. The van der Waals surface area contributed by atoms with E-state index >= 15 is 0 Å². The standard InChI is InChI=1S/C17H15ClFN5O/c1-23(9-11-3-2-4-12(18)7-11)22-16-14-8-13(19)5-6-15(14)21-17(20)24(16)10-25/h2-8,10H,9H2,1H3,(H2,20,21)/b22-16-. The van der Waals surface area contributed by atoms with Gasteiger partial charge in [0.15, 0.2) is 5.49 Å². The Balaban J connectivity index is 2.13. The third-order valence-corrected chi connectivity index (χ3v) is 3.82. The Bertz CT molecular complexity index is 1020. The first kappa shape index (κ1) is 16.9. The molecule has 128 valence electrons. The summed E-state index contributed by atoms with van der Waals surface area (Å²) in [5.74, 6) is -0.477. The van der Waals surface area contributed by atoms with Gasteiger partial charge in [-0.25, -0.2) is 13.9 Å². The summed E-state index contributed by atoms with van der Waals surface area (Å²) in [4.78, 5) is 15.5. The van der Waals surface area contributed by atoms with Gasteiger partial charge >= 0.3 is 0 Å². The van der Waals surface area contributed by atoms with Crippen molar-refractivity contribution in [2.24, 2.45) is 5.10 Å². The normalized spacial score (nSPS) is 11.7. The Labute approximate surface area is 148 Å². The number of nitrogens with two attached hydrogens (primary N) is 1. The highest BCUT2D eigenvalue weighted by Gasteiger charge is 2.09. The molecule has 0 aliphatic rings. The molecule has 0 saturated heterocycles. The molecule has 0 fully saturated rings. The minimum atomic E-state index is -0.453. The summed E-state index contributed by atoms with van der Waals surface area (Å²) in [5.41, 5.74) is 7.41. The zero-order valence-corrected chi connectivity index (χ0v) is 14.1. The Morgan fingerprint density at radius 2 is 2.16 bits per heavy atom. The molecule has 0 bridgehead atoms. The van der Waals surface area contributed by atoms with Crippen LogP contribution in [0.15, 0.2) is 47.6 Å². The number of benzene rings is 2. The molecule has 1 aromatic heterocycles. The number of rotatable bonds is 4. The van der Waals surface area contributed by atoms with Crippen molar-refractivity contribution in [3.8, 4) is 0 Å². The highest BCUT2D eigenvalue weighted by Crippen LogP contribution is 2.13. The van der Waals surface area contributed by atoms with Gasteiger partial charge in [-0.2, -0.15) is 5.10 Å². The molecule has 0 amide bonds. The number of fused-ring (bicyclic) bond motifs is 1. The second-order valence-electron chi connectivity index (χ2n) is 5.48. The molecular weight excluding hydrogens is 345 g/mol. The Hall–Kier alpha value is -2.93. The average molecular weight is 360 g/mol. The number of nitrogens with zero attached hydrogens (tertiary/aromatic N) is 4. The number of aromatic nitrogens is 2. The monoisotopic (exact) mass is 359 g/mol. The summed E-state index contributed by atoms with van der Waals surface area (Å²) < 4.78 is 14.7. The largest absolute Gasteiger partial charge is 0.369 e. The van der Waals surface area contributed by atoms with Crippen LogP contribution in [0.5, 0.6) is 0 Å². The summed E-state index contributed by atoms with van der Waals surface area (Å²) in [6.45, 7) is 0.443. The smallest absolute Gasteiger partial charge is 0.222 e. The van der Waals surface area contributed by atoms with E-state index in [1.807, 2.05) is 18.2 Å². The van der Waals surface area contributed by atoms with Crippen LogP contribution in [-0.2, 0) is 11.3 Å². The predicted octanol–water partition coefficient (Wildman–Crippen LogP) is 2.40. The lowest BCUT2D eigenvalue weighted by Crippen LogP contribution is -2.29. The van der Waals surface area contributed by atoms with Crippen molar-refractivity contribution in [3.05, 3.63) is 64.4 Å². The van der Waals surface area contributed by atoms with Crippen molar-refractivity contribution >= 4 is 34.9 Å². The molecule has 3 rings (SSSR count). The lowest BCUT2D eigenvalue weighted by Gasteiger charge is -2.14. The maximum absolute atomic E-state index is 13.7. The fraction of sp³-hybridized carbons (Fsp3) is 0.118. The minimum absolute atomic E-state index is 0.0241. The molecule has 0 spiro atoms. The fourth-order valence-electron chi connectivity index (χ4n) is 2.50. The number of anilines is 1. The summed E-state index contributed by atoms with van der Waals surface area (Å²) in [5, 5.41) is 7.04. The minimum Gasteiger partial charge on any atom is -0.369 e. The zero-order valence-electron chi connectivity index (χ0n) is 13.4. The first-order valence-corrected chi connectivity index (χ1v) is 7.78. The highest BCUT2D eigenvalue weighted by molar-refractivity contribution is 6.30. The maximum Gasteiger partial charge on any atom is 0.222 e. The van der Waals surface area contributed by atoms with E-state index in [0.29, 0.717) is 28.9 Å². The molecule has 0 unspecified atom stereocenters. The van der Waals surface area contributed by atoms with Gasteiger partial charge in [-0.15, -0.1) is 0 Å². The van der Waals surface area contributed by atoms with Crippen molar-refractivity contribution in [2.45, 2.75) is 6.54 Å². The van der Waals surface area contributed by atoms with Crippen molar-refractivity contribution in [2.75, 3.05) is 12.8 Å². The number of hydrogen-bond donors (Lipinski definition) is 1. The lowest BCUT2D eigenvalue weighted by molar-refractivity contribution is 0.331. The maximum atomic E-state index is 13.7. The Morgan fingerprint density at radius 1 is 1.36 bits per heavy atom. The molecule has 0 atom stereocenters. The van der Waals surface area contributed by atoms with Gasteiger partial charge in [0.05, 0.1) is 12.1 Å². The summed E-state index contributed by atoms with van der Waals surface area (Å²) in [6, 6.07) is 11.4. The van der Waals surface area contributed by atoms with Crippen LogP contribution in [0.3, 0.4) is 0 Å². The van der Waals surface area contributed by atoms with Gasteiger partial charge < -0.3 is 5.73 Å². The van der Waals surface area contributed by atoms with Crippen LogP contribution in [0, 0.1) is 5.82 Å². The van der Waals surface area contributed by atoms with Crippen LogP contribution < -0.4 is 11.2 Å². The number of nitrogen functional groups attached to an aromatic ring is 1. The van der Waals surface area contributed by atoms with Crippen LogP contribution in [0.25, 0.3) is 10.9 Å². The van der Waals surface area contributed by atoms with Crippen molar-refractivity contribution in [1.29, 1.82) is 0 Å². The molecule has 0 aliphatic heterocycles. The number of carbonyl (C=O) groups is 1. The van der Waals surface area contributed by atoms with E-state index in [1.54, 1.807) is 18.1 Å². The molecule has 0 saturated carbocycles. The second-order valence-corrected chi connectivity index (χ2v) is 5.91. The second kappa shape index (κ2) is 6.90. The molecule has 8 heteroatoms. The van der Waals surface area contributed by atoms with Crippen molar-refractivity contribution in [3.63, 3.8) is 0 Å².